The zero-order valence-electron chi connectivity index (χ0n) is 11.6. The Labute approximate surface area is 117 Å². The summed E-state index contributed by atoms with van der Waals surface area (Å²) in [5.41, 5.74) is 0.931. The maximum Gasteiger partial charge on any atom is 0.314 e. The van der Waals surface area contributed by atoms with E-state index in [0.29, 0.717) is 18.9 Å². The third-order valence-electron chi connectivity index (χ3n) is 2.97. The molecule has 1 atom stereocenters. The lowest BCUT2D eigenvalue weighted by Gasteiger charge is -2.15. The lowest BCUT2D eigenvalue weighted by atomic mass is 9.99. The highest BCUT2D eigenvalue weighted by Gasteiger charge is 2.20. The van der Waals surface area contributed by atoms with Crippen LogP contribution >= 0.6 is 0 Å². The van der Waals surface area contributed by atoms with Crippen molar-refractivity contribution in [2.45, 2.75) is 12.5 Å². The summed E-state index contributed by atoms with van der Waals surface area (Å²) in [7, 11) is 3.22. The molecule has 2 rings (SSSR count). The van der Waals surface area contributed by atoms with Crippen LogP contribution in [0.2, 0.25) is 0 Å². The summed E-state index contributed by atoms with van der Waals surface area (Å²) in [6.07, 6.45) is 1.64. The Kier molecular flexibility index (Phi) is 4.84. The molecule has 0 saturated heterocycles. The minimum absolute atomic E-state index is 0.252. The van der Waals surface area contributed by atoms with Crippen LogP contribution in [0.25, 0.3) is 0 Å². The molecular formula is C14H18N4O2. The summed E-state index contributed by atoms with van der Waals surface area (Å²) >= 11 is 0. The average Bonchev–Trinajstić information content (AvgIpc) is 2.89. The van der Waals surface area contributed by atoms with Crippen LogP contribution in [0.4, 0.5) is 0 Å². The summed E-state index contributed by atoms with van der Waals surface area (Å²) in [4.78, 5) is 16.0. The van der Waals surface area contributed by atoms with Gasteiger partial charge in [0.05, 0.1) is 19.6 Å². The second-order valence-electron chi connectivity index (χ2n) is 4.45. The molecule has 1 N–H and O–H groups in total. The monoisotopic (exact) mass is 274 g/mol. The number of nitrogens with one attached hydrogen (secondary N) is 1. The van der Waals surface area contributed by atoms with Gasteiger partial charge in [-0.3, -0.25) is 9.48 Å². The quantitative estimate of drug-likeness (QED) is 0.791. The molecular weight excluding hydrogens is 256 g/mol. The normalized spacial score (nSPS) is 12.1. The van der Waals surface area contributed by atoms with Crippen molar-refractivity contribution in [2.75, 3.05) is 13.7 Å². The standard InChI is InChI=1S/C14H18N4O2/c1-18-10-16-13(17-18)9-15-8-12(14(19)20-2)11-6-4-3-5-7-11/h3-7,10,12,15H,8-9H2,1-2H3. The van der Waals surface area contributed by atoms with E-state index in [0.717, 1.165) is 5.56 Å². The van der Waals surface area contributed by atoms with Gasteiger partial charge in [-0.1, -0.05) is 30.3 Å². The van der Waals surface area contributed by atoms with Crippen LogP contribution in [0, 0.1) is 0 Å². The van der Waals surface area contributed by atoms with Gasteiger partial charge in [0, 0.05) is 13.6 Å². The lowest BCUT2D eigenvalue weighted by Crippen LogP contribution is -2.28. The summed E-state index contributed by atoms with van der Waals surface area (Å²) in [6.45, 7) is 0.996. The molecule has 6 nitrogen and oxygen atoms in total. The van der Waals surface area contributed by atoms with Crippen LogP contribution in [-0.4, -0.2) is 34.4 Å². The van der Waals surface area contributed by atoms with Gasteiger partial charge in [-0.25, -0.2) is 4.98 Å². The number of carbonyl (C=O) groups excluding carboxylic acids is 1. The minimum atomic E-state index is -0.329. The molecule has 0 bridgehead atoms. The Morgan fingerprint density at radius 1 is 1.40 bits per heavy atom. The van der Waals surface area contributed by atoms with Crippen molar-refractivity contribution >= 4 is 5.97 Å². The molecule has 0 aliphatic heterocycles. The highest BCUT2D eigenvalue weighted by Crippen LogP contribution is 2.16. The van der Waals surface area contributed by atoms with Crippen LogP contribution in [0.3, 0.4) is 0 Å². The Hall–Kier alpha value is -2.21. The van der Waals surface area contributed by atoms with E-state index in [1.54, 1.807) is 11.0 Å². The second-order valence-corrected chi connectivity index (χ2v) is 4.45. The van der Waals surface area contributed by atoms with Gasteiger partial charge in [0.1, 0.15) is 6.33 Å². The zero-order valence-corrected chi connectivity index (χ0v) is 11.6. The first-order valence-electron chi connectivity index (χ1n) is 6.38. The number of hydrogen-bond donors (Lipinski definition) is 1. The molecule has 1 unspecified atom stereocenters. The predicted octanol–water partition coefficient (Wildman–Crippen LogP) is 0.861. The number of esters is 1. The van der Waals surface area contributed by atoms with Gasteiger partial charge >= 0.3 is 5.97 Å². The fourth-order valence-corrected chi connectivity index (χ4v) is 1.96. The van der Waals surface area contributed by atoms with Crippen LogP contribution in [-0.2, 0) is 23.1 Å². The molecule has 1 aromatic carbocycles. The number of aromatic nitrogens is 3. The smallest absolute Gasteiger partial charge is 0.314 e. The highest BCUT2D eigenvalue weighted by atomic mass is 16.5. The highest BCUT2D eigenvalue weighted by molar-refractivity contribution is 5.78. The summed E-state index contributed by atoms with van der Waals surface area (Å²) < 4.78 is 6.50. The van der Waals surface area contributed by atoms with E-state index in [-0.39, 0.29) is 11.9 Å². The van der Waals surface area contributed by atoms with Crippen molar-refractivity contribution < 1.29 is 9.53 Å². The van der Waals surface area contributed by atoms with E-state index in [9.17, 15) is 4.79 Å². The Morgan fingerprint density at radius 3 is 2.75 bits per heavy atom. The summed E-state index contributed by atoms with van der Waals surface area (Å²) in [6, 6.07) is 9.57. The molecule has 6 heteroatoms. The molecule has 0 amide bonds. The van der Waals surface area contributed by atoms with Gasteiger partial charge in [-0.15, -0.1) is 0 Å². The van der Waals surface area contributed by atoms with Crippen molar-refractivity contribution in [3.05, 3.63) is 48.0 Å². The topological polar surface area (TPSA) is 69.0 Å². The molecule has 0 spiro atoms. The summed E-state index contributed by atoms with van der Waals surface area (Å²) in [5.74, 6) is 0.117. The minimum Gasteiger partial charge on any atom is -0.469 e. The molecule has 0 saturated carbocycles. The fraction of sp³-hybridized carbons (Fsp3) is 0.357. The van der Waals surface area contributed by atoms with E-state index in [2.05, 4.69) is 15.4 Å². The number of ether oxygens (including phenoxy) is 1. The first-order chi connectivity index (χ1) is 9.70. The predicted molar refractivity (Wildman–Crippen MR) is 73.9 cm³/mol. The Morgan fingerprint density at radius 2 is 2.15 bits per heavy atom. The number of nitrogens with zero attached hydrogens (tertiary/aromatic N) is 3. The first kappa shape index (κ1) is 14.2. The fourth-order valence-electron chi connectivity index (χ4n) is 1.96. The number of rotatable bonds is 6. The molecule has 0 aliphatic rings. The number of benzene rings is 1. The van der Waals surface area contributed by atoms with E-state index in [1.807, 2.05) is 37.4 Å². The van der Waals surface area contributed by atoms with Crippen LogP contribution in [0.15, 0.2) is 36.7 Å². The number of aryl methyl sites for hydroxylation is 1. The van der Waals surface area contributed by atoms with Crippen molar-refractivity contribution in [3.8, 4) is 0 Å². The third kappa shape index (κ3) is 3.64. The number of methoxy groups -OCH3 is 1. The van der Waals surface area contributed by atoms with Crippen molar-refractivity contribution in [3.63, 3.8) is 0 Å². The van der Waals surface area contributed by atoms with Crippen molar-refractivity contribution in [1.82, 2.24) is 20.1 Å². The van der Waals surface area contributed by atoms with Crippen LogP contribution in [0.5, 0.6) is 0 Å². The van der Waals surface area contributed by atoms with Crippen molar-refractivity contribution in [2.24, 2.45) is 7.05 Å². The van der Waals surface area contributed by atoms with Gasteiger partial charge in [-0.05, 0) is 5.56 Å². The second kappa shape index (κ2) is 6.81. The van der Waals surface area contributed by atoms with Gasteiger partial charge in [-0.2, -0.15) is 5.10 Å². The van der Waals surface area contributed by atoms with Crippen LogP contribution in [0.1, 0.15) is 17.3 Å². The molecule has 2 aromatic rings. The molecule has 0 fully saturated rings. The van der Waals surface area contributed by atoms with E-state index >= 15 is 0 Å². The maximum absolute atomic E-state index is 11.9. The molecule has 0 radical (unpaired) electrons. The van der Waals surface area contributed by atoms with Gasteiger partial charge < -0.3 is 10.1 Å². The largest absolute Gasteiger partial charge is 0.469 e. The Balaban J connectivity index is 1.96. The molecule has 1 heterocycles. The zero-order chi connectivity index (χ0) is 14.4. The number of carbonyl (C=O) groups is 1. The average molecular weight is 274 g/mol. The lowest BCUT2D eigenvalue weighted by molar-refractivity contribution is -0.142. The third-order valence-corrected chi connectivity index (χ3v) is 2.97. The molecule has 1 aromatic heterocycles. The van der Waals surface area contributed by atoms with Crippen molar-refractivity contribution in [1.29, 1.82) is 0 Å². The summed E-state index contributed by atoms with van der Waals surface area (Å²) in [5, 5.41) is 7.36. The van der Waals surface area contributed by atoms with E-state index in [4.69, 9.17) is 4.74 Å². The van der Waals surface area contributed by atoms with Gasteiger partial charge in [0.2, 0.25) is 0 Å². The SMILES string of the molecule is COC(=O)C(CNCc1ncn(C)n1)c1ccccc1. The van der Waals surface area contributed by atoms with Gasteiger partial charge in [0.15, 0.2) is 5.82 Å². The molecule has 0 aliphatic carbocycles. The Bertz CT molecular complexity index is 553. The number of hydrogen-bond acceptors (Lipinski definition) is 5. The van der Waals surface area contributed by atoms with E-state index in [1.165, 1.54) is 7.11 Å². The molecule has 106 valence electrons. The first-order valence-corrected chi connectivity index (χ1v) is 6.38. The van der Waals surface area contributed by atoms with Gasteiger partial charge in [0.25, 0.3) is 0 Å². The maximum atomic E-state index is 11.9. The van der Waals surface area contributed by atoms with Crippen LogP contribution < -0.4 is 5.32 Å². The van der Waals surface area contributed by atoms with E-state index < -0.39 is 0 Å². The molecule has 20 heavy (non-hydrogen) atoms.